The number of carboxylic acids is 1. The molecule has 0 aliphatic rings. The summed E-state index contributed by atoms with van der Waals surface area (Å²) in [7, 11) is 1.80. The van der Waals surface area contributed by atoms with Crippen LogP contribution in [-0.4, -0.2) is 22.2 Å². The van der Waals surface area contributed by atoms with Crippen molar-refractivity contribution in [3.05, 3.63) is 35.5 Å². The third-order valence-corrected chi connectivity index (χ3v) is 3.38. The number of para-hydroxylation sites is 1. The van der Waals surface area contributed by atoms with Crippen molar-refractivity contribution in [2.75, 3.05) is 12.3 Å². The number of carbonyl (C=O) groups is 1. The summed E-state index contributed by atoms with van der Waals surface area (Å²) < 4.78 is 7.38. The molecular formula is C15H18N2O3. The van der Waals surface area contributed by atoms with Crippen LogP contribution < -0.4 is 10.5 Å². The average Bonchev–Trinajstić information content (AvgIpc) is 2.62. The summed E-state index contributed by atoms with van der Waals surface area (Å²) in [5.41, 5.74) is 8.55. The van der Waals surface area contributed by atoms with Gasteiger partial charge in [-0.2, -0.15) is 0 Å². The summed E-state index contributed by atoms with van der Waals surface area (Å²) in [6.45, 7) is 4.18. The van der Waals surface area contributed by atoms with Gasteiger partial charge in [0.2, 0.25) is 0 Å². The van der Waals surface area contributed by atoms with Gasteiger partial charge in [0.25, 0.3) is 0 Å². The number of anilines is 1. The van der Waals surface area contributed by atoms with Crippen LogP contribution in [0.2, 0.25) is 0 Å². The first-order valence-electron chi connectivity index (χ1n) is 6.39. The van der Waals surface area contributed by atoms with Crippen molar-refractivity contribution in [3.63, 3.8) is 0 Å². The summed E-state index contributed by atoms with van der Waals surface area (Å²) in [6.07, 6.45) is 0. The number of hydrogen-bond donors (Lipinski definition) is 2. The van der Waals surface area contributed by atoms with E-state index in [0.29, 0.717) is 23.7 Å². The van der Waals surface area contributed by atoms with Crippen LogP contribution >= 0.6 is 0 Å². The second kappa shape index (κ2) is 5.28. The number of rotatable bonds is 4. The molecule has 5 heteroatoms. The highest BCUT2D eigenvalue weighted by atomic mass is 16.5. The monoisotopic (exact) mass is 274 g/mol. The Morgan fingerprint density at radius 1 is 1.40 bits per heavy atom. The van der Waals surface area contributed by atoms with E-state index in [1.807, 2.05) is 31.2 Å². The first-order chi connectivity index (χ1) is 9.49. The van der Waals surface area contributed by atoms with E-state index >= 15 is 0 Å². The lowest BCUT2D eigenvalue weighted by atomic mass is 10.1. The van der Waals surface area contributed by atoms with Gasteiger partial charge in [-0.3, -0.25) is 0 Å². The number of nitrogens with zero attached hydrogens (tertiary/aromatic N) is 1. The minimum Gasteiger partial charge on any atom is -0.493 e. The van der Waals surface area contributed by atoms with Crippen molar-refractivity contribution >= 4 is 11.7 Å². The third kappa shape index (κ3) is 2.11. The van der Waals surface area contributed by atoms with Gasteiger partial charge in [-0.05, 0) is 26.0 Å². The van der Waals surface area contributed by atoms with E-state index in [4.69, 9.17) is 10.5 Å². The number of benzene rings is 1. The largest absolute Gasteiger partial charge is 0.493 e. The Balaban J connectivity index is 2.71. The van der Waals surface area contributed by atoms with E-state index in [2.05, 4.69) is 0 Å². The van der Waals surface area contributed by atoms with Gasteiger partial charge in [0.05, 0.1) is 18.0 Å². The minimum absolute atomic E-state index is 0.147. The molecule has 2 aromatic rings. The van der Waals surface area contributed by atoms with E-state index in [1.54, 1.807) is 18.5 Å². The fraction of sp³-hybridized carbons (Fsp3) is 0.267. The lowest BCUT2D eigenvalue weighted by molar-refractivity contribution is 0.0697. The zero-order valence-electron chi connectivity index (χ0n) is 11.8. The Morgan fingerprint density at radius 2 is 2.05 bits per heavy atom. The second-order valence-electron chi connectivity index (χ2n) is 4.52. The van der Waals surface area contributed by atoms with Crippen molar-refractivity contribution in [2.24, 2.45) is 7.05 Å². The fourth-order valence-corrected chi connectivity index (χ4v) is 2.37. The van der Waals surface area contributed by atoms with Gasteiger partial charge in [0.1, 0.15) is 11.3 Å². The first kappa shape index (κ1) is 14.0. The molecule has 0 radical (unpaired) electrons. The lowest BCUT2D eigenvalue weighted by Gasteiger charge is -2.12. The third-order valence-electron chi connectivity index (χ3n) is 3.38. The smallest absolute Gasteiger partial charge is 0.339 e. The van der Waals surface area contributed by atoms with E-state index in [9.17, 15) is 9.90 Å². The molecule has 0 bridgehead atoms. The molecule has 3 N–H and O–H groups in total. The predicted molar refractivity (Wildman–Crippen MR) is 78.1 cm³/mol. The van der Waals surface area contributed by atoms with Gasteiger partial charge in [0.15, 0.2) is 0 Å². The highest BCUT2D eigenvalue weighted by Crippen LogP contribution is 2.38. The zero-order chi connectivity index (χ0) is 14.9. The molecule has 1 aromatic carbocycles. The van der Waals surface area contributed by atoms with E-state index in [1.165, 1.54) is 0 Å². The number of aromatic nitrogens is 1. The van der Waals surface area contributed by atoms with Crippen molar-refractivity contribution in [3.8, 4) is 17.0 Å². The molecule has 20 heavy (non-hydrogen) atoms. The van der Waals surface area contributed by atoms with Crippen LogP contribution in [0, 0.1) is 6.92 Å². The molecular weight excluding hydrogens is 256 g/mol. The van der Waals surface area contributed by atoms with E-state index in [0.717, 1.165) is 5.56 Å². The topological polar surface area (TPSA) is 77.5 Å². The Bertz CT molecular complexity index is 659. The second-order valence-corrected chi connectivity index (χ2v) is 4.52. The van der Waals surface area contributed by atoms with Crippen LogP contribution in [0.3, 0.4) is 0 Å². The highest BCUT2D eigenvalue weighted by Gasteiger charge is 2.23. The van der Waals surface area contributed by atoms with Crippen molar-refractivity contribution < 1.29 is 14.6 Å². The van der Waals surface area contributed by atoms with E-state index in [-0.39, 0.29) is 11.3 Å². The lowest BCUT2D eigenvalue weighted by Crippen LogP contribution is -2.01. The maximum absolute atomic E-state index is 11.3. The van der Waals surface area contributed by atoms with Crippen LogP contribution in [0.4, 0.5) is 5.69 Å². The number of nitrogens with two attached hydrogens (primary N) is 1. The molecule has 0 fully saturated rings. The number of nitrogen functional groups attached to an aromatic ring is 1. The molecule has 0 atom stereocenters. The van der Waals surface area contributed by atoms with Gasteiger partial charge in [-0.25, -0.2) is 4.79 Å². The molecule has 0 spiro atoms. The number of carboxylic acid groups (broad SMARTS) is 1. The quantitative estimate of drug-likeness (QED) is 0.898. The first-order valence-corrected chi connectivity index (χ1v) is 6.39. The molecule has 0 aliphatic heterocycles. The van der Waals surface area contributed by atoms with Crippen LogP contribution in [-0.2, 0) is 7.05 Å². The molecule has 0 saturated carbocycles. The van der Waals surface area contributed by atoms with Crippen molar-refractivity contribution in [1.29, 1.82) is 0 Å². The van der Waals surface area contributed by atoms with Gasteiger partial charge >= 0.3 is 5.97 Å². The molecule has 0 saturated heterocycles. The zero-order valence-corrected chi connectivity index (χ0v) is 11.8. The van der Waals surface area contributed by atoms with E-state index < -0.39 is 5.97 Å². The molecule has 2 rings (SSSR count). The van der Waals surface area contributed by atoms with Crippen molar-refractivity contribution in [1.82, 2.24) is 4.57 Å². The Labute approximate surface area is 117 Å². The SMILES string of the molecule is CCOc1ccccc1-c1c(N)c(C(=O)O)c(C)n1C. The summed E-state index contributed by atoms with van der Waals surface area (Å²) in [4.78, 5) is 11.3. The molecule has 0 aliphatic carbocycles. The fourth-order valence-electron chi connectivity index (χ4n) is 2.37. The van der Waals surface area contributed by atoms with Gasteiger partial charge in [0, 0.05) is 18.3 Å². The van der Waals surface area contributed by atoms with Gasteiger partial charge < -0.3 is 20.1 Å². The molecule has 1 heterocycles. The highest BCUT2D eigenvalue weighted by molar-refractivity contribution is 6.00. The van der Waals surface area contributed by atoms with Gasteiger partial charge in [-0.15, -0.1) is 0 Å². The molecule has 0 unspecified atom stereocenters. The normalized spacial score (nSPS) is 10.6. The van der Waals surface area contributed by atoms with Crippen LogP contribution in [0.5, 0.6) is 5.75 Å². The number of hydrogen-bond acceptors (Lipinski definition) is 3. The average molecular weight is 274 g/mol. The summed E-state index contributed by atoms with van der Waals surface area (Å²) in [5, 5.41) is 9.28. The Hall–Kier alpha value is -2.43. The molecule has 5 nitrogen and oxygen atoms in total. The van der Waals surface area contributed by atoms with Crippen LogP contribution in [0.15, 0.2) is 24.3 Å². The molecule has 0 amide bonds. The Kier molecular flexibility index (Phi) is 3.70. The predicted octanol–water partition coefficient (Wildman–Crippen LogP) is 2.68. The maximum Gasteiger partial charge on any atom is 0.339 e. The van der Waals surface area contributed by atoms with Crippen LogP contribution in [0.1, 0.15) is 23.0 Å². The summed E-state index contributed by atoms with van der Waals surface area (Å²) in [6, 6.07) is 7.47. The van der Waals surface area contributed by atoms with Crippen LogP contribution in [0.25, 0.3) is 11.3 Å². The summed E-state index contributed by atoms with van der Waals surface area (Å²) in [5.74, 6) is -0.324. The van der Waals surface area contributed by atoms with Gasteiger partial charge in [-0.1, -0.05) is 12.1 Å². The number of aromatic carboxylic acids is 1. The standard InChI is InChI=1S/C15H18N2O3/c1-4-20-11-8-6-5-7-10(11)14-13(16)12(15(18)19)9(2)17(14)3/h5-8H,4,16H2,1-3H3,(H,18,19). The minimum atomic E-state index is -1.02. The van der Waals surface area contributed by atoms with Crippen molar-refractivity contribution in [2.45, 2.75) is 13.8 Å². The molecule has 106 valence electrons. The maximum atomic E-state index is 11.3. The summed E-state index contributed by atoms with van der Waals surface area (Å²) >= 11 is 0. The molecule has 1 aromatic heterocycles. The number of ether oxygens (including phenoxy) is 1. The Morgan fingerprint density at radius 3 is 2.60 bits per heavy atom.